The number of carbonyl (C=O) groups is 1. The molecule has 2 aliphatic heterocycles. The highest BCUT2D eigenvalue weighted by Gasteiger charge is 2.35. The number of rotatable bonds is 3. The van der Waals surface area contributed by atoms with E-state index in [1.54, 1.807) is 32.0 Å². The van der Waals surface area contributed by atoms with Crippen LogP contribution in [0.25, 0.3) is 0 Å². The molecule has 1 amide bonds. The second kappa shape index (κ2) is 6.45. The summed E-state index contributed by atoms with van der Waals surface area (Å²) in [6.45, 7) is 8.28. The van der Waals surface area contributed by atoms with Gasteiger partial charge in [-0.1, -0.05) is 11.3 Å². The first-order chi connectivity index (χ1) is 13.1. The first kappa shape index (κ1) is 19.2. The van der Waals surface area contributed by atoms with E-state index < -0.39 is 15.1 Å². The Labute approximate surface area is 168 Å². The average molecular weight is 422 g/mol. The van der Waals surface area contributed by atoms with Gasteiger partial charge in [-0.25, -0.2) is 13.4 Å². The number of sulfone groups is 1. The van der Waals surface area contributed by atoms with Crippen molar-refractivity contribution in [1.82, 2.24) is 10.3 Å². The zero-order valence-corrected chi connectivity index (χ0v) is 17.9. The summed E-state index contributed by atoms with van der Waals surface area (Å²) >= 11 is 1.36. The molecule has 0 saturated heterocycles. The quantitative estimate of drug-likeness (QED) is 0.820. The second-order valence-electron chi connectivity index (χ2n) is 8.01. The number of nitrogens with zero attached hydrogens (tertiary/aromatic N) is 2. The molecule has 150 valence electrons. The number of hydrogen-bond donors (Lipinski definition) is 1. The fourth-order valence-electron chi connectivity index (χ4n) is 3.43. The molecule has 0 saturated carbocycles. The van der Waals surface area contributed by atoms with Gasteiger partial charge < -0.3 is 15.0 Å². The minimum absolute atomic E-state index is 0.0955. The molecule has 0 unspecified atom stereocenters. The Hall–Kier alpha value is -2.13. The molecule has 2 aliphatic rings. The van der Waals surface area contributed by atoms with E-state index in [0.29, 0.717) is 30.2 Å². The Morgan fingerprint density at radius 3 is 2.79 bits per heavy atom. The number of carbonyl (C=O) groups excluding carboxylic acids is 1. The minimum Gasteiger partial charge on any atom is -0.489 e. The molecule has 3 heterocycles. The summed E-state index contributed by atoms with van der Waals surface area (Å²) in [5.41, 5.74) is 1.25. The maximum atomic E-state index is 12.5. The Kier molecular flexibility index (Phi) is 4.42. The number of fused-ring (bicyclic) bond motifs is 2. The lowest BCUT2D eigenvalue weighted by Crippen LogP contribution is -2.48. The lowest BCUT2D eigenvalue weighted by Gasteiger charge is -2.29. The van der Waals surface area contributed by atoms with Crippen LogP contribution in [0.3, 0.4) is 0 Å². The molecule has 0 spiro atoms. The van der Waals surface area contributed by atoms with Gasteiger partial charge in [0.15, 0.2) is 15.0 Å². The van der Waals surface area contributed by atoms with Crippen molar-refractivity contribution >= 4 is 37.9 Å². The van der Waals surface area contributed by atoms with Crippen molar-refractivity contribution in [2.45, 2.75) is 49.8 Å². The largest absolute Gasteiger partial charge is 0.489 e. The normalized spacial score (nSPS) is 18.3. The van der Waals surface area contributed by atoms with Gasteiger partial charge >= 0.3 is 0 Å². The molecule has 0 atom stereocenters. The molecule has 4 rings (SSSR count). The fourth-order valence-corrected chi connectivity index (χ4v) is 5.52. The maximum Gasteiger partial charge on any atom is 0.263 e. The monoisotopic (exact) mass is 421 g/mol. The summed E-state index contributed by atoms with van der Waals surface area (Å²) in [7, 11) is -3.38. The fraction of sp³-hybridized carbons (Fsp3) is 0.474. The summed E-state index contributed by atoms with van der Waals surface area (Å²) in [5, 5.41) is 3.23. The third kappa shape index (κ3) is 3.16. The number of amides is 1. The van der Waals surface area contributed by atoms with E-state index in [4.69, 9.17) is 9.72 Å². The number of ether oxygens (including phenoxy) is 1. The molecule has 0 fully saturated rings. The topological polar surface area (TPSA) is 88.6 Å². The second-order valence-corrected chi connectivity index (χ2v) is 11.5. The standard InChI is InChI=1S/C19H23N3O4S2/c1-11(2)28(24,25)12-5-6-14-15(9-12)26-8-7-22(14)18-20-13-10-19(3,4)21-17(23)16(13)27-18/h5-6,9,11H,7-8,10H2,1-4H3,(H,21,23). The van der Waals surface area contributed by atoms with Crippen molar-refractivity contribution in [3.63, 3.8) is 0 Å². The van der Waals surface area contributed by atoms with Crippen LogP contribution in [-0.2, 0) is 16.3 Å². The first-order valence-electron chi connectivity index (χ1n) is 9.19. The van der Waals surface area contributed by atoms with Crippen LogP contribution in [0.5, 0.6) is 5.75 Å². The lowest BCUT2D eigenvalue weighted by atomic mass is 9.94. The van der Waals surface area contributed by atoms with E-state index in [-0.39, 0.29) is 16.3 Å². The van der Waals surface area contributed by atoms with Crippen LogP contribution < -0.4 is 15.0 Å². The number of hydrogen-bond acceptors (Lipinski definition) is 7. The van der Waals surface area contributed by atoms with Gasteiger partial charge in [0.25, 0.3) is 5.91 Å². The van der Waals surface area contributed by atoms with Gasteiger partial charge in [-0.3, -0.25) is 4.79 Å². The summed E-state index contributed by atoms with van der Waals surface area (Å²) in [4.78, 5) is 20.0. The van der Waals surface area contributed by atoms with E-state index in [0.717, 1.165) is 16.5 Å². The van der Waals surface area contributed by atoms with E-state index in [9.17, 15) is 13.2 Å². The first-order valence-corrected chi connectivity index (χ1v) is 11.6. The van der Waals surface area contributed by atoms with Crippen LogP contribution in [0.2, 0.25) is 0 Å². The predicted octanol–water partition coefficient (Wildman–Crippen LogP) is 2.92. The number of aromatic nitrogens is 1. The molecule has 28 heavy (non-hydrogen) atoms. The Morgan fingerprint density at radius 1 is 1.32 bits per heavy atom. The number of thiazole rings is 1. The Morgan fingerprint density at radius 2 is 2.07 bits per heavy atom. The molecule has 0 radical (unpaired) electrons. The van der Waals surface area contributed by atoms with Crippen molar-refractivity contribution in [1.29, 1.82) is 0 Å². The predicted molar refractivity (Wildman–Crippen MR) is 109 cm³/mol. The van der Waals surface area contributed by atoms with Crippen LogP contribution in [0.1, 0.15) is 43.1 Å². The van der Waals surface area contributed by atoms with Gasteiger partial charge in [-0.2, -0.15) is 0 Å². The zero-order valence-electron chi connectivity index (χ0n) is 16.3. The molecule has 0 aliphatic carbocycles. The summed E-state index contributed by atoms with van der Waals surface area (Å²) in [5.74, 6) is 0.424. The third-order valence-electron chi connectivity index (χ3n) is 4.93. The summed E-state index contributed by atoms with van der Waals surface area (Å²) in [6, 6.07) is 4.95. The highest BCUT2D eigenvalue weighted by molar-refractivity contribution is 7.92. The molecule has 7 nitrogen and oxygen atoms in total. The van der Waals surface area contributed by atoms with E-state index in [1.165, 1.54) is 11.3 Å². The van der Waals surface area contributed by atoms with Gasteiger partial charge in [0.2, 0.25) is 0 Å². The van der Waals surface area contributed by atoms with Crippen LogP contribution in [0.4, 0.5) is 10.8 Å². The molecule has 2 aromatic rings. The molecule has 1 aromatic heterocycles. The van der Waals surface area contributed by atoms with E-state index in [1.807, 2.05) is 18.7 Å². The highest BCUT2D eigenvalue weighted by Crippen LogP contribution is 2.41. The zero-order chi connectivity index (χ0) is 20.3. The van der Waals surface area contributed by atoms with Crippen molar-refractivity contribution in [3.8, 4) is 5.75 Å². The number of anilines is 2. The number of nitrogens with one attached hydrogen (secondary N) is 1. The van der Waals surface area contributed by atoms with Crippen LogP contribution >= 0.6 is 11.3 Å². The van der Waals surface area contributed by atoms with Crippen LogP contribution in [0.15, 0.2) is 23.1 Å². The SMILES string of the molecule is CC(C)S(=O)(=O)c1ccc2c(c1)OCCN2c1nc2c(s1)C(=O)NC(C)(C)C2. The summed E-state index contributed by atoms with van der Waals surface area (Å²) in [6.07, 6.45) is 0.674. The van der Waals surface area contributed by atoms with Crippen LogP contribution in [0, 0.1) is 0 Å². The van der Waals surface area contributed by atoms with Crippen molar-refractivity contribution in [3.05, 3.63) is 28.8 Å². The molecule has 9 heteroatoms. The van der Waals surface area contributed by atoms with Crippen molar-refractivity contribution in [2.24, 2.45) is 0 Å². The number of benzene rings is 1. The average Bonchev–Trinajstić information content (AvgIpc) is 3.03. The molecule has 1 aromatic carbocycles. The van der Waals surface area contributed by atoms with Gasteiger partial charge in [0, 0.05) is 18.0 Å². The van der Waals surface area contributed by atoms with Gasteiger partial charge in [0.1, 0.15) is 17.2 Å². The third-order valence-corrected chi connectivity index (χ3v) is 8.20. The van der Waals surface area contributed by atoms with Gasteiger partial charge in [0.05, 0.1) is 28.1 Å². The Balaban J connectivity index is 1.73. The van der Waals surface area contributed by atoms with E-state index in [2.05, 4.69) is 5.32 Å². The van der Waals surface area contributed by atoms with Crippen LogP contribution in [-0.4, -0.2) is 43.2 Å². The van der Waals surface area contributed by atoms with Crippen molar-refractivity contribution < 1.29 is 17.9 Å². The smallest absolute Gasteiger partial charge is 0.263 e. The van der Waals surface area contributed by atoms with Crippen molar-refractivity contribution in [2.75, 3.05) is 18.1 Å². The summed E-state index contributed by atoms with van der Waals surface area (Å²) < 4.78 is 30.7. The molecule has 1 N–H and O–H groups in total. The van der Waals surface area contributed by atoms with Gasteiger partial charge in [-0.15, -0.1) is 0 Å². The molecule has 0 bridgehead atoms. The lowest BCUT2D eigenvalue weighted by molar-refractivity contribution is 0.0901. The highest BCUT2D eigenvalue weighted by atomic mass is 32.2. The molecular formula is C19H23N3O4S2. The van der Waals surface area contributed by atoms with E-state index >= 15 is 0 Å². The maximum absolute atomic E-state index is 12.5. The minimum atomic E-state index is -3.38. The molecular weight excluding hydrogens is 398 g/mol. The van der Waals surface area contributed by atoms with Gasteiger partial charge in [-0.05, 0) is 39.8 Å². The Bertz CT molecular complexity index is 1060.